The van der Waals surface area contributed by atoms with Crippen LogP contribution in [-0.4, -0.2) is 34.3 Å². The molecule has 0 radical (unpaired) electrons. The van der Waals surface area contributed by atoms with Crippen LogP contribution in [0.25, 0.3) is 0 Å². The number of nitrogens with zero attached hydrogens (tertiary/aromatic N) is 2. The smallest absolute Gasteiger partial charge is 0.186 e. The molecule has 2 rings (SSSR count). The van der Waals surface area contributed by atoms with Gasteiger partial charge in [0.25, 0.3) is 0 Å². The summed E-state index contributed by atoms with van der Waals surface area (Å²) < 4.78 is 0. The molecule has 0 bridgehead atoms. The van der Waals surface area contributed by atoms with Crippen LogP contribution in [0.5, 0.6) is 0 Å². The minimum atomic E-state index is -0.360. The first kappa shape index (κ1) is 14.0. The van der Waals surface area contributed by atoms with E-state index in [4.69, 9.17) is 5.73 Å². The Hall–Kier alpha value is -1.42. The number of hydrogen-bond acceptors (Lipinski definition) is 4. The molecule has 0 aliphatic heterocycles. The van der Waals surface area contributed by atoms with Gasteiger partial charge in [-0.3, -0.25) is 14.7 Å². The van der Waals surface area contributed by atoms with Crippen LogP contribution in [0.4, 0.5) is 5.69 Å². The molecule has 2 N–H and O–H groups in total. The van der Waals surface area contributed by atoms with Gasteiger partial charge in [0.05, 0.1) is 11.1 Å². The standard InChI is InChI=1S/C15H23N3O/c1-3-18(4-2)15(8-5-6-9-15)14(19)12-11-17-10-7-13(12)16/h7,10-11H,3-6,8-9H2,1-2H3,(H2,16,17). The van der Waals surface area contributed by atoms with Crippen LogP contribution in [-0.2, 0) is 0 Å². The van der Waals surface area contributed by atoms with Crippen molar-refractivity contribution in [1.29, 1.82) is 0 Å². The topological polar surface area (TPSA) is 59.2 Å². The van der Waals surface area contributed by atoms with Crippen molar-refractivity contribution in [2.45, 2.75) is 45.1 Å². The number of rotatable bonds is 5. The average Bonchev–Trinajstić information content (AvgIpc) is 2.90. The number of carbonyl (C=O) groups is 1. The predicted octanol–water partition coefficient (Wildman–Crippen LogP) is 2.50. The molecule has 4 heteroatoms. The Bertz CT molecular complexity index is 448. The van der Waals surface area contributed by atoms with Crippen LogP contribution in [0.1, 0.15) is 49.9 Å². The zero-order chi connectivity index (χ0) is 13.9. The van der Waals surface area contributed by atoms with Gasteiger partial charge in [0.15, 0.2) is 5.78 Å². The van der Waals surface area contributed by atoms with Crippen molar-refractivity contribution in [3.05, 3.63) is 24.0 Å². The van der Waals surface area contributed by atoms with E-state index in [2.05, 4.69) is 23.7 Å². The molecule has 19 heavy (non-hydrogen) atoms. The van der Waals surface area contributed by atoms with Crippen molar-refractivity contribution < 1.29 is 4.79 Å². The summed E-state index contributed by atoms with van der Waals surface area (Å²) in [6.07, 6.45) is 7.33. The lowest BCUT2D eigenvalue weighted by Crippen LogP contribution is -2.52. The Balaban J connectivity index is 2.40. The first-order chi connectivity index (χ1) is 9.15. The second-order valence-electron chi connectivity index (χ2n) is 5.20. The maximum atomic E-state index is 13.0. The minimum absolute atomic E-state index is 0.152. The fraction of sp³-hybridized carbons (Fsp3) is 0.600. The molecule has 0 amide bonds. The van der Waals surface area contributed by atoms with Crippen LogP contribution in [0.3, 0.4) is 0 Å². The van der Waals surface area contributed by atoms with Crippen molar-refractivity contribution in [3.8, 4) is 0 Å². The minimum Gasteiger partial charge on any atom is -0.398 e. The number of pyridine rings is 1. The van der Waals surface area contributed by atoms with E-state index < -0.39 is 0 Å². The summed E-state index contributed by atoms with van der Waals surface area (Å²) in [6, 6.07) is 1.71. The van der Waals surface area contributed by atoms with Crippen LogP contribution >= 0.6 is 0 Å². The summed E-state index contributed by atoms with van der Waals surface area (Å²) in [6.45, 7) is 6.01. The predicted molar refractivity (Wildman–Crippen MR) is 77.1 cm³/mol. The summed E-state index contributed by atoms with van der Waals surface area (Å²) in [5.74, 6) is 0.152. The van der Waals surface area contributed by atoms with Gasteiger partial charge in [-0.15, -0.1) is 0 Å². The lowest BCUT2D eigenvalue weighted by molar-refractivity contribution is 0.0585. The fourth-order valence-corrected chi connectivity index (χ4v) is 3.32. The molecule has 1 aliphatic rings. The number of anilines is 1. The van der Waals surface area contributed by atoms with Crippen LogP contribution < -0.4 is 5.73 Å². The van der Waals surface area contributed by atoms with E-state index in [-0.39, 0.29) is 11.3 Å². The van der Waals surface area contributed by atoms with Gasteiger partial charge in [0, 0.05) is 18.1 Å². The SMILES string of the molecule is CCN(CC)C1(C(=O)c2cnccc2N)CCCC1. The van der Waals surface area contributed by atoms with Gasteiger partial charge in [0.2, 0.25) is 0 Å². The number of nitrogen functional groups attached to an aromatic ring is 1. The van der Waals surface area contributed by atoms with Crippen molar-refractivity contribution >= 4 is 11.5 Å². The third-order valence-corrected chi connectivity index (χ3v) is 4.32. The molecule has 1 fully saturated rings. The van der Waals surface area contributed by atoms with Crippen molar-refractivity contribution in [2.75, 3.05) is 18.8 Å². The largest absolute Gasteiger partial charge is 0.398 e. The maximum Gasteiger partial charge on any atom is 0.186 e. The van der Waals surface area contributed by atoms with Gasteiger partial charge in [-0.1, -0.05) is 26.7 Å². The second kappa shape index (κ2) is 5.70. The number of nitrogens with two attached hydrogens (primary N) is 1. The molecule has 1 aliphatic carbocycles. The van der Waals surface area contributed by atoms with E-state index in [1.807, 2.05) is 0 Å². The lowest BCUT2D eigenvalue weighted by atomic mass is 9.85. The van der Waals surface area contributed by atoms with Gasteiger partial charge in [0.1, 0.15) is 0 Å². The van der Waals surface area contributed by atoms with Gasteiger partial charge in [-0.05, 0) is 32.0 Å². The zero-order valence-electron chi connectivity index (χ0n) is 11.9. The Kier molecular flexibility index (Phi) is 4.20. The summed E-state index contributed by atoms with van der Waals surface area (Å²) in [7, 11) is 0. The monoisotopic (exact) mass is 261 g/mol. The molecule has 1 aromatic rings. The summed E-state index contributed by atoms with van der Waals surface area (Å²) >= 11 is 0. The van der Waals surface area contributed by atoms with Crippen molar-refractivity contribution in [3.63, 3.8) is 0 Å². The van der Waals surface area contributed by atoms with Gasteiger partial charge >= 0.3 is 0 Å². The van der Waals surface area contributed by atoms with E-state index >= 15 is 0 Å². The summed E-state index contributed by atoms with van der Waals surface area (Å²) in [5, 5.41) is 0. The van der Waals surface area contributed by atoms with Gasteiger partial charge in [-0.25, -0.2) is 0 Å². The molecule has 1 saturated carbocycles. The van der Waals surface area contributed by atoms with E-state index in [9.17, 15) is 4.79 Å². The molecule has 0 spiro atoms. The van der Waals surface area contributed by atoms with E-state index in [0.717, 1.165) is 38.8 Å². The summed E-state index contributed by atoms with van der Waals surface area (Å²) in [5.41, 5.74) is 6.71. The average molecular weight is 261 g/mol. The maximum absolute atomic E-state index is 13.0. The van der Waals surface area contributed by atoms with E-state index in [1.54, 1.807) is 18.5 Å². The zero-order valence-corrected chi connectivity index (χ0v) is 11.9. The molecule has 0 saturated heterocycles. The van der Waals surface area contributed by atoms with Gasteiger partial charge in [-0.2, -0.15) is 0 Å². The highest BCUT2D eigenvalue weighted by atomic mass is 16.1. The first-order valence-electron chi connectivity index (χ1n) is 7.15. The Labute approximate surface area is 115 Å². The normalized spacial score (nSPS) is 17.8. The van der Waals surface area contributed by atoms with E-state index in [0.29, 0.717) is 11.3 Å². The van der Waals surface area contributed by atoms with Crippen LogP contribution in [0.15, 0.2) is 18.5 Å². The highest BCUT2D eigenvalue weighted by Gasteiger charge is 2.45. The molecule has 0 atom stereocenters. The summed E-state index contributed by atoms with van der Waals surface area (Å²) in [4.78, 5) is 19.3. The number of carbonyl (C=O) groups excluding carboxylic acids is 1. The number of Topliss-reactive ketones (excluding diaryl/α,β-unsaturated/α-hetero) is 1. The molecule has 104 valence electrons. The molecule has 4 nitrogen and oxygen atoms in total. The highest BCUT2D eigenvalue weighted by Crippen LogP contribution is 2.38. The Morgan fingerprint density at radius 3 is 2.53 bits per heavy atom. The Morgan fingerprint density at radius 1 is 1.37 bits per heavy atom. The van der Waals surface area contributed by atoms with E-state index in [1.165, 1.54) is 0 Å². The molecule has 1 aromatic heterocycles. The number of ketones is 1. The number of hydrogen-bond donors (Lipinski definition) is 1. The number of likely N-dealkylation sites (N-methyl/N-ethyl adjacent to an activating group) is 1. The fourth-order valence-electron chi connectivity index (χ4n) is 3.32. The van der Waals surface area contributed by atoms with Crippen molar-refractivity contribution in [2.24, 2.45) is 0 Å². The number of aromatic nitrogens is 1. The molecular formula is C15H23N3O. The van der Waals surface area contributed by atoms with Crippen LogP contribution in [0.2, 0.25) is 0 Å². The molecular weight excluding hydrogens is 238 g/mol. The quantitative estimate of drug-likeness (QED) is 0.827. The Morgan fingerprint density at radius 2 is 2.00 bits per heavy atom. The highest BCUT2D eigenvalue weighted by molar-refractivity contribution is 6.06. The first-order valence-corrected chi connectivity index (χ1v) is 7.15. The lowest BCUT2D eigenvalue weighted by Gasteiger charge is -2.39. The van der Waals surface area contributed by atoms with Gasteiger partial charge < -0.3 is 5.73 Å². The van der Waals surface area contributed by atoms with Crippen molar-refractivity contribution in [1.82, 2.24) is 9.88 Å². The molecule has 0 unspecified atom stereocenters. The molecule has 1 heterocycles. The third kappa shape index (κ3) is 2.37. The molecule has 0 aromatic carbocycles. The van der Waals surface area contributed by atoms with Crippen LogP contribution in [0, 0.1) is 0 Å². The second-order valence-corrected chi connectivity index (χ2v) is 5.20. The third-order valence-electron chi connectivity index (χ3n) is 4.32.